The van der Waals surface area contributed by atoms with Crippen LogP contribution in [0.1, 0.15) is 11.1 Å². The van der Waals surface area contributed by atoms with Crippen LogP contribution < -0.4 is 10.9 Å². The van der Waals surface area contributed by atoms with Gasteiger partial charge in [0, 0.05) is 15.8 Å². The summed E-state index contributed by atoms with van der Waals surface area (Å²) in [5.41, 5.74) is 3.32. The van der Waals surface area contributed by atoms with Crippen molar-refractivity contribution >= 4 is 43.2 Å². The Kier molecular flexibility index (Phi) is 4.05. The van der Waals surface area contributed by atoms with E-state index < -0.39 is 0 Å². The fraction of sp³-hybridized carbons (Fsp3) is 0.150. The van der Waals surface area contributed by atoms with Crippen LogP contribution in [-0.2, 0) is 11.3 Å². The maximum atomic E-state index is 12.8. The minimum Gasteiger partial charge on any atom is -0.324 e. The third kappa shape index (κ3) is 2.88. The van der Waals surface area contributed by atoms with Crippen molar-refractivity contribution in [1.29, 1.82) is 0 Å². The number of rotatable bonds is 3. The molecule has 6 heteroatoms. The van der Waals surface area contributed by atoms with Gasteiger partial charge in [0.2, 0.25) is 5.91 Å². The molecular weight excluding hydrogens is 346 g/mol. The molecule has 2 aromatic carbocycles. The largest absolute Gasteiger partial charge is 0.324 e. The van der Waals surface area contributed by atoms with E-state index in [1.165, 1.54) is 22.2 Å². The fourth-order valence-corrected chi connectivity index (χ4v) is 4.05. The van der Waals surface area contributed by atoms with Crippen molar-refractivity contribution in [3.05, 3.63) is 70.3 Å². The molecule has 4 aromatic rings. The zero-order chi connectivity index (χ0) is 18.3. The maximum absolute atomic E-state index is 12.8. The van der Waals surface area contributed by atoms with Gasteiger partial charge in [0.05, 0.1) is 11.8 Å². The van der Waals surface area contributed by atoms with Crippen LogP contribution in [0.2, 0.25) is 0 Å². The highest BCUT2D eigenvalue weighted by Gasteiger charge is 2.13. The first-order chi connectivity index (χ1) is 12.5. The molecule has 0 aliphatic heterocycles. The zero-order valence-electron chi connectivity index (χ0n) is 14.4. The topological polar surface area (TPSA) is 64.0 Å². The zero-order valence-corrected chi connectivity index (χ0v) is 15.3. The standard InChI is InChI=1S/C20H17N3O2S/c1-12-7-8-13(2)15(9-12)22-17(24)10-23-11-21-18-14-5-3-4-6-16(14)26-19(18)20(23)25/h3-9,11H,10H2,1-2H3,(H,22,24). The fourth-order valence-electron chi connectivity index (χ4n) is 2.94. The van der Waals surface area contributed by atoms with Crippen LogP contribution in [-0.4, -0.2) is 15.5 Å². The predicted octanol–water partition coefficient (Wildman–Crippen LogP) is 3.87. The minimum atomic E-state index is -0.247. The lowest BCUT2D eigenvalue weighted by molar-refractivity contribution is -0.116. The first-order valence-corrected chi connectivity index (χ1v) is 9.08. The van der Waals surface area contributed by atoms with E-state index in [1.807, 2.05) is 56.3 Å². The van der Waals surface area contributed by atoms with Crippen LogP contribution in [0.25, 0.3) is 20.3 Å². The summed E-state index contributed by atoms with van der Waals surface area (Å²) in [7, 11) is 0. The van der Waals surface area contributed by atoms with Crippen molar-refractivity contribution in [2.75, 3.05) is 5.32 Å². The summed E-state index contributed by atoms with van der Waals surface area (Å²) >= 11 is 1.41. The van der Waals surface area contributed by atoms with Crippen molar-refractivity contribution < 1.29 is 4.79 Å². The van der Waals surface area contributed by atoms with Crippen molar-refractivity contribution in [1.82, 2.24) is 9.55 Å². The molecule has 1 amide bonds. The summed E-state index contributed by atoms with van der Waals surface area (Å²) in [6, 6.07) is 13.7. The van der Waals surface area contributed by atoms with E-state index in [0.29, 0.717) is 10.2 Å². The van der Waals surface area contributed by atoms with Gasteiger partial charge in [-0.15, -0.1) is 11.3 Å². The highest BCUT2D eigenvalue weighted by molar-refractivity contribution is 7.25. The molecule has 1 N–H and O–H groups in total. The van der Waals surface area contributed by atoms with E-state index in [2.05, 4.69) is 10.3 Å². The van der Waals surface area contributed by atoms with Gasteiger partial charge in [-0.25, -0.2) is 4.98 Å². The number of aryl methyl sites for hydroxylation is 2. The molecule has 0 atom stereocenters. The summed E-state index contributed by atoms with van der Waals surface area (Å²) in [6.45, 7) is 3.84. The molecule has 26 heavy (non-hydrogen) atoms. The number of thiophene rings is 1. The Balaban J connectivity index is 1.65. The first-order valence-electron chi connectivity index (χ1n) is 8.27. The molecule has 2 aromatic heterocycles. The lowest BCUT2D eigenvalue weighted by Gasteiger charge is -2.10. The average molecular weight is 363 g/mol. The molecule has 0 radical (unpaired) electrons. The monoisotopic (exact) mass is 363 g/mol. The number of aromatic nitrogens is 2. The molecule has 130 valence electrons. The second kappa shape index (κ2) is 6.38. The number of hydrogen-bond acceptors (Lipinski definition) is 4. The van der Waals surface area contributed by atoms with Crippen LogP contribution in [0.4, 0.5) is 5.69 Å². The van der Waals surface area contributed by atoms with E-state index >= 15 is 0 Å². The normalized spacial score (nSPS) is 11.2. The molecule has 0 unspecified atom stereocenters. The van der Waals surface area contributed by atoms with E-state index in [9.17, 15) is 9.59 Å². The summed E-state index contributed by atoms with van der Waals surface area (Å²) in [5.74, 6) is -0.247. The number of carbonyl (C=O) groups excluding carboxylic acids is 1. The van der Waals surface area contributed by atoms with Gasteiger partial charge in [-0.05, 0) is 37.1 Å². The molecule has 0 spiro atoms. The molecule has 0 aliphatic rings. The van der Waals surface area contributed by atoms with E-state index in [4.69, 9.17) is 0 Å². The molecule has 0 saturated heterocycles. The van der Waals surface area contributed by atoms with Crippen molar-refractivity contribution in [2.45, 2.75) is 20.4 Å². The SMILES string of the molecule is Cc1ccc(C)c(NC(=O)Cn2cnc3c(sc4ccccc43)c2=O)c1. The number of anilines is 1. The second-order valence-corrected chi connectivity index (χ2v) is 7.37. The number of nitrogens with one attached hydrogen (secondary N) is 1. The number of benzene rings is 2. The maximum Gasteiger partial charge on any atom is 0.271 e. The Morgan fingerprint density at radius 3 is 2.85 bits per heavy atom. The van der Waals surface area contributed by atoms with Gasteiger partial charge in [0.1, 0.15) is 11.2 Å². The quantitative estimate of drug-likeness (QED) is 0.601. The highest BCUT2D eigenvalue weighted by atomic mass is 32.1. The van der Waals surface area contributed by atoms with Crippen LogP contribution in [0, 0.1) is 13.8 Å². The molecule has 5 nitrogen and oxygen atoms in total. The third-order valence-corrected chi connectivity index (χ3v) is 5.48. The van der Waals surface area contributed by atoms with Gasteiger partial charge >= 0.3 is 0 Å². The van der Waals surface area contributed by atoms with Gasteiger partial charge in [-0.1, -0.05) is 30.3 Å². The van der Waals surface area contributed by atoms with Crippen molar-refractivity contribution in [3.8, 4) is 0 Å². The van der Waals surface area contributed by atoms with Crippen molar-refractivity contribution in [3.63, 3.8) is 0 Å². The van der Waals surface area contributed by atoms with Gasteiger partial charge < -0.3 is 5.32 Å². The lowest BCUT2D eigenvalue weighted by atomic mass is 10.1. The lowest BCUT2D eigenvalue weighted by Crippen LogP contribution is -2.27. The molecule has 0 saturated carbocycles. The molecule has 4 rings (SSSR count). The van der Waals surface area contributed by atoms with E-state index in [-0.39, 0.29) is 18.0 Å². The molecule has 0 bridgehead atoms. The highest BCUT2D eigenvalue weighted by Crippen LogP contribution is 2.29. The van der Waals surface area contributed by atoms with Crippen LogP contribution in [0.5, 0.6) is 0 Å². The Labute approximate surface area is 153 Å². The summed E-state index contributed by atoms with van der Waals surface area (Å²) in [4.78, 5) is 29.6. The molecule has 0 aliphatic carbocycles. The number of carbonyl (C=O) groups is 1. The van der Waals surface area contributed by atoms with Gasteiger partial charge in [-0.2, -0.15) is 0 Å². The minimum absolute atomic E-state index is 0.0661. The van der Waals surface area contributed by atoms with Crippen molar-refractivity contribution in [2.24, 2.45) is 0 Å². The Morgan fingerprint density at radius 1 is 1.19 bits per heavy atom. The Hall–Kier alpha value is -2.99. The molecule has 2 heterocycles. The number of hydrogen-bond donors (Lipinski definition) is 1. The molecular formula is C20H17N3O2S. The van der Waals surface area contributed by atoms with Crippen LogP contribution in [0.3, 0.4) is 0 Å². The first kappa shape index (κ1) is 16.5. The van der Waals surface area contributed by atoms with E-state index in [1.54, 1.807) is 0 Å². The van der Waals surface area contributed by atoms with Gasteiger partial charge in [0.25, 0.3) is 5.56 Å². The van der Waals surface area contributed by atoms with E-state index in [0.717, 1.165) is 26.9 Å². The smallest absolute Gasteiger partial charge is 0.271 e. The Bertz CT molecular complexity index is 1210. The summed E-state index contributed by atoms with van der Waals surface area (Å²) < 4.78 is 2.95. The average Bonchev–Trinajstić information content (AvgIpc) is 3.00. The predicted molar refractivity (Wildman–Crippen MR) is 106 cm³/mol. The van der Waals surface area contributed by atoms with Gasteiger partial charge in [-0.3, -0.25) is 14.2 Å². The molecule has 0 fully saturated rings. The summed E-state index contributed by atoms with van der Waals surface area (Å²) in [5, 5.41) is 3.85. The van der Waals surface area contributed by atoms with Gasteiger partial charge in [0.15, 0.2) is 0 Å². The second-order valence-electron chi connectivity index (χ2n) is 6.32. The summed E-state index contributed by atoms with van der Waals surface area (Å²) in [6.07, 6.45) is 1.45. The van der Waals surface area contributed by atoms with Crippen LogP contribution in [0.15, 0.2) is 53.6 Å². The third-order valence-electron chi connectivity index (χ3n) is 4.33. The number of nitrogens with zero attached hydrogens (tertiary/aromatic N) is 2. The Morgan fingerprint density at radius 2 is 2.00 bits per heavy atom. The van der Waals surface area contributed by atoms with Crippen LogP contribution >= 0.6 is 11.3 Å². The number of fused-ring (bicyclic) bond motifs is 3. The number of amides is 1.